The first-order valence-corrected chi connectivity index (χ1v) is 35.5. The molecule has 0 atom stereocenters. The van der Waals surface area contributed by atoms with E-state index in [9.17, 15) is 0 Å². The molecule has 5 nitrogen and oxygen atoms in total. The number of hydrogen-bond donors (Lipinski definition) is 0. The van der Waals surface area contributed by atoms with Crippen LogP contribution in [0, 0.1) is 0 Å². The normalized spacial score (nSPS) is 14.0. The van der Waals surface area contributed by atoms with Gasteiger partial charge in [-0.05, 0) is 151 Å². The second kappa shape index (κ2) is 19.5. The molecule has 6 heteroatoms. The van der Waals surface area contributed by atoms with Gasteiger partial charge in [0, 0.05) is 93.6 Å². The summed E-state index contributed by atoms with van der Waals surface area (Å²) in [6.07, 6.45) is 0. The van der Waals surface area contributed by atoms with Crippen molar-refractivity contribution in [3.63, 3.8) is 0 Å². The van der Waals surface area contributed by atoms with Crippen molar-refractivity contribution in [1.82, 2.24) is 9.13 Å². The van der Waals surface area contributed by atoms with E-state index in [1.165, 1.54) is 21.5 Å². The average molecular weight is 1270 g/mol. The van der Waals surface area contributed by atoms with Gasteiger partial charge in [0.05, 0.1) is 33.4 Å². The van der Waals surface area contributed by atoms with Crippen LogP contribution in [0.4, 0.5) is 0 Å². The molecule has 0 saturated carbocycles. The molecule has 0 amide bonds. The Morgan fingerprint density at radius 2 is 0.592 bits per heavy atom. The van der Waals surface area contributed by atoms with Gasteiger partial charge in [0.25, 0.3) is 0 Å². The molecular weight excluding hydrogens is 1210 g/mol. The van der Waals surface area contributed by atoms with Crippen LogP contribution in [0.25, 0.3) is 187 Å². The van der Waals surface area contributed by atoms with E-state index in [2.05, 4.69) is 337 Å². The number of aromatic nitrogens is 2. The zero-order valence-corrected chi connectivity index (χ0v) is 53.5. The highest BCUT2D eigenvalue weighted by Gasteiger charge is 2.57. The van der Waals surface area contributed by atoms with Gasteiger partial charge < -0.3 is 18.0 Å². The molecule has 2 aliphatic heterocycles. The summed E-state index contributed by atoms with van der Waals surface area (Å²) >= 11 is 0. The fourth-order valence-corrected chi connectivity index (χ4v) is 22.7. The molecule has 0 unspecified atom stereocenters. The number of fused-ring (bicyclic) bond motifs is 24. The third-order valence-electron chi connectivity index (χ3n) is 21.6. The summed E-state index contributed by atoms with van der Waals surface area (Å²) in [5.74, 6) is 0. The topological polar surface area (TPSA) is 53.2 Å². The minimum absolute atomic E-state index is 0.824. The number of hydrogen-bond acceptors (Lipinski definition) is 3. The molecule has 2 aliphatic rings. The smallest absolute Gasteiger partial charge is 0.144 e. The van der Waals surface area contributed by atoms with Crippen molar-refractivity contribution in [2.45, 2.75) is 19.6 Å². The third kappa shape index (κ3) is 6.85. The molecule has 0 fully saturated rings. The average Bonchev–Trinajstić information content (AvgIpc) is 1.47. The van der Waals surface area contributed by atoms with Gasteiger partial charge in [0.15, 0.2) is 0 Å². The van der Waals surface area contributed by atoms with Gasteiger partial charge in [0.1, 0.15) is 22.3 Å². The highest BCUT2D eigenvalue weighted by atomic mass is 32.3. The maximum absolute atomic E-state index is 18.5. The van der Waals surface area contributed by atoms with Crippen LogP contribution in [0.5, 0.6) is 0 Å². The lowest BCUT2D eigenvalue weighted by atomic mass is 9.89. The first kappa shape index (κ1) is 53.7. The maximum atomic E-state index is 18.5. The molecule has 456 valence electrons. The van der Waals surface area contributed by atoms with Crippen molar-refractivity contribution in [1.29, 1.82) is 0 Å². The predicted octanol–water partition coefficient (Wildman–Crippen LogP) is 25.0. The Morgan fingerprint density at radius 3 is 1.05 bits per heavy atom. The fourth-order valence-electron chi connectivity index (χ4n) is 17.6. The van der Waals surface area contributed by atoms with Crippen molar-refractivity contribution >= 4 is 118 Å². The molecule has 4 aromatic heterocycles. The van der Waals surface area contributed by atoms with Gasteiger partial charge in [-0.3, -0.25) is 4.21 Å². The highest BCUT2D eigenvalue weighted by molar-refractivity contribution is 8.21. The number of furan rings is 2. The summed E-state index contributed by atoms with van der Waals surface area (Å²) in [4.78, 5) is 3.32. The van der Waals surface area contributed by atoms with Crippen LogP contribution in [-0.2, 0) is 9.07 Å². The van der Waals surface area contributed by atoms with Crippen LogP contribution >= 0.6 is 0 Å². The number of para-hydroxylation sites is 4. The van der Waals surface area contributed by atoms with Crippen molar-refractivity contribution in [2.75, 3.05) is 0 Å². The lowest BCUT2D eigenvalue weighted by Crippen LogP contribution is -2.30. The third-order valence-corrected chi connectivity index (χ3v) is 26.4. The summed E-state index contributed by atoms with van der Waals surface area (Å²) in [5, 5.41) is 13.5. The van der Waals surface area contributed by atoms with E-state index in [4.69, 9.17) is 8.83 Å². The van der Waals surface area contributed by atoms with Gasteiger partial charge >= 0.3 is 0 Å². The van der Waals surface area contributed by atoms with Crippen LogP contribution in [-0.4, -0.2) is 13.3 Å². The van der Waals surface area contributed by atoms with Crippen LogP contribution in [0.1, 0.15) is 0 Å². The molecule has 16 aromatic carbocycles. The molecule has 0 aliphatic carbocycles. The van der Waals surface area contributed by atoms with Crippen LogP contribution in [0.2, 0.25) is 0 Å². The molecular formula is C92H54N2O3S. The summed E-state index contributed by atoms with van der Waals surface area (Å²) in [7, 11) is -4.33. The van der Waals surface area contributed by atoms with Gasteiger partial charge in [-0.2, -0.15) is 0 Å². The first-order chi connectivity index (χ1) is 48.5. The number of benzene rings is 16. The maximum Gasteiger partial charge on any atom is 0.144 e. The van der Waals surface area contributed by atoms with E-state index in [0.717, 1.165) is 185 Å². The zero-order chi connectivity index (χ0) is 64.1. The van der Waals surface area contributed by atoms with E-state index in [1.807, 2.05) is 0 Å². The molecule has 20 aromatic rings. The second-order valence-corrected chi connectivity index (χ2v) is 30.0. The van der Waals surface area contributed by atoms with E-state index >= 15 is 4.21 Å². The Labute approximate surface area is 561 Å². The Morgan fingerprint density at radius 1 is 0.245 bits per heavy atom. The lowest BCUT2D eigenvalue weighted by molar-refractivity contribution is 0.658. The molecule has 0 saturated heterocycles. The van der Waals surface area contributed by atoms with Crippen LogP contribution in [0.3, 0.4) is 0 Å². The fraction of sp³-hybridized carbons (Fsp3) is 0. The molecule has 22 rings (SSSR count). The van der Waals surface area contributed by atoms with Gasteiger partial charge in [-0.1, -0.05) is 243 Å². The van der Waals surface area contributed by atoms with Crippen LogP contribution in [0.15, 0.2) is 356 Å². The summed E-state index contributed by atoms with van der Waals surface area (Å²) in [6, 6.07) is 118. The largest absolute Gasteiger partial charge is 0.455 e. The summed E-state index contributed by atoms with van der Waals surface area (Å²) in [5.41, 5.74) is 22.2. The molecule has 0 bridgehead atoms. The molecule has 0 radical (unpaired) electrons. The predicted molar refractivity (Wildman–Crippen MR) is 405 cm³/mol. The van der Waals surface area contributed by atoms with E-state index in [0.29, 0.717) is 0 Å². The minimum Gasteiger partial charge on any atom is -0.455 e. The standard InChI is InChI=1S/C92H54N2O3S/c95-98(83-45-19-13-33-65(83)71-51-57(47-49-85(71)98)59-27-5-7-35-67(59)89-87-69-37-9-15-39-77(69)93(75-41-21-25-55-23-1-3-29-61(55)75)79(87)53-73-63-31-11-17-43-81(63)96-91(73)89)84-46-20-14-34-66(84)72-52-58(48-50-86(72)98)60-28-6-8-36-68(60)90-88-70-38-10-16-40-78(70)94(76-42-22-26-56-24-2-4-30-62(56)76)80(88)54-74-64-32-12-18-44-82(64)97-92(74)90/h1-54H. The lowest BCUT2D eigenvalue weighted by Gasteiger charge is -2.38. The summed E-state index contributed by atoms with van der Waals surface area (Å²) < 4.78 is 37.7. The zero-order valence-electron chi connectivity index (χ0n) is 52.7. The Hall–Kier alpha value is -12.6. The Kier molecular flexibility index (Phi) is 10.7. The number of nitrogens with zero attached hydrogens (tertiary/aromatic N) is 2. The second-order valence-electron chi connectivity index (χ2n) is 26.4. The Bertz CT molecular complexity index is 6600. The van der Waals surface area contributed by atoms with Gasteiger partial charge in [-0.25, -0.2) is 0 Å². The van der Waals surface area contributed by atoms with Crippen LogP contribution < -0.4 is 0 Å². The summed E-state index contributed by atoms with van der Waals surface area (Å²) in [6.45, 7) is 0. The van der Waals surface area contributed by atoms with Crippen molar-refractivity contribution in [3.8, 4) is 78.1 Å². The molecule has 0 N–H and O–H groups in total. The van der Waals surface area contributed by atoms with E-state index in [1.54, 1.807) is 0 Å². The molecule has 6 heterocycles. The molecule has 1 spiro atoms. The quantitative estimate of drug-likeness (QED) is 0.167. The van der Waals surface area contributed by atoms with Gasteiger partial charge in [0.2, 0.25) is 0 Å². The monoisotopic (exact) mass is 1270 g/mol. The van der Waals surface area contributed by atoms with Crippen molar-refractivity contribution < 1.29 is 13.0 Å². The number of rotatable bonds is 6. The van der Waals surface area contributed by atoms with E-state index in [-0.39, 0.29) is 0 Å². The van der Waals surface area contributed by atoms with Gasteiger partial charge in [-0.15, -0.1) is 0 Å². The highest BCUT2D eigenvalue weighted by Crippen LogP contribution is 2.71. The molecule has 98 heavy (non-hydrogen) atoms. The first-order valence-electron chi connectivity index (χ1n) is 33.5. The Balaban J connectivity index is 0.753. The van der Waals surface area contributed by atoms with E-state index < -0.39 is 9.07 Å². The van der Waals surface area contributed by atoms with Crippen molar-refractivity contribution in [3.05, 3.63) is 328 Å². The van der Waals surface area contributed by atoms with Crippen molar-refractivity contribution in [2.24, 2.45) is 0 Å². The minimum atomic E-state index is -4.33. The SMILES string of the molecule is O=S12(c3ccccc3-c3cc(-c4ccccc4-c4c5oc6ccccc6c5cc5c4c4ccccc4n5-c4cccc5ccccc45)ccc31)c1ccccc1-c1cc(-c3ccccc3-c3c4oc5ccccc5c4cc4c3c3ccccc3n4-c3cccc4ccccc34)ccc12.